The number of anilines is 1. The van der Waals surface area contributed by atoms with E-state index in [0.29, 0.717) is 18.2 Å². The van der Waals surface area contributed by atoms with E-state index in [-0.39, 0.29) is 0 Å². The van der Waals surface area contributed by atoms with Crippen LogP contribution in [0.5, 0.6) is 23.0 Å². The summed E-state index contributed by atoms with van der Waals surface area (Å²) in [6, 6.07) is 21.4. The standard InChI is InChI=1S/C25H28N2O4S/c1-28-21-11-8-18(9-12-21)16-27(17-19-10-13-23(30-3)15-24(19)31-4)25(32)26-20-6-5-7-22(14-20)29-2/h5-15H,16-17H2,1-4H3,(H,26,32). The first kappa shape index (κ1) is 23.2. The molecule has 0 atom stereocenters. The Morgan fingerprint density at radius 2 is 1.41 bits per heavy atom. The topological polar surface area (TPSA) is 52.2 Å². The molecule has 3 rings (SSSR count). The lowest BCUT2D eigenvalue weighted by molar-refractivity contribution is 0.370. The van der Waals surface area contributed by atoms with Crippen molar-refractivity contribution in [3.63, 3.8) is 0 Å². The monoisotopic (exact) mass is 452 g/mol. The molecule has 168 valence electrons. The van der Waals surface area contributed by atoms with E-state index in [1.165, 1.54) is 0 Å². The zero-order chi connectivity index (χ0) is 22.9. The van der Waals surface area contributed by atoms with Crippen molar-refractivity contribution in [3.8, 4) is 23.0 Å². The number of ether oxygens (including phenoxy) is 4. The molecule has 1 N–H and O–H groups in total. The smallest absolute Gasteiger partial charge is 0.174 e. The molecular weight excluding hydrogens is 424 g/mol. The first-order chi connectivity index (χ1) is 15.6. The summed E-state index contributed by atoms with van der Waals surface area (Å²) in [7, 11) is 6.59. The van der Waals surface area contributed by atoms with Crippen LogP contribution in [0.2, 0.25) is 0 Å². The summed E-state index contributed by atoms with van der Waals surface area (Å²) in [6.07, 6.45) is 0. The second-order valence-corrected chi connectivity index (χ2v) is 7.43. The fourth-order valence-electron chi connectivity index (χ4n) is 3.24. The highest BCUT2D eigenvalue weighted by molar-refractivity contribution is 7.80. The molecule has 0 fully saturated rings. The first-order valence-corrected chi connectivity index (χ1v) is 10.5. The summed E-state index contributed by atoms with van der Waals surface area (Å²) in [5, 5.41) is 3.92. The number of benzene rings is 3. The highest BCUT2D eigenvalue weighted by Gasteiger charge is 2.15. The van der Waals surface area contributed by atoms with Gasteiger partial charge in [0.25, 0.3) is 0 Å². The van der Waals surface area contributed by atoms with Gasteiger partial charge in [-0.25, -0.2) is 0 Å². The summed E-state index contributed by atoms with van der Waals surface area (Å²) in [5.41, 5.74) is 2.96. The van der Waals surface area contributed by atoms with E-state index in [1.807, 2.05) is 66.7 Å². The lowest BCUT2D eigenvalue weighted by atomic mass is 10.1. The van der Waals surface area contributed by atoms with Crippen molar-refractivity contribution in [1.29, 1.82) is 0 Å². The van der Waals surface area contributed by atoms with Crippen molar-refractivity contribution in [2.75, 3.05) is 33.8 Å². The molecule has 3 aromatic carbocycles. The number of rotatable bonds is 9. The summed E-state index contributed by atoms with van der Waals surface area (Å²) in [5.74, 6) is 3.06. The molecule has 0 aliphatic rings. The van der Waals surface area contributed by atoms with E-state index < -0.39 is 0 Å². The maximum absolute atomic E-state index is 5.80. The van der Waals surface area contributed by atoms with Crippen LogP contribution in [0.4, 0.5) is 5.69 Å². The van der Waals surface area contributed by atoms with Crippen LogP contribution < -0.4 is 24.3 Å². The highest BCUT2D eigenvalue weighted by atomic mass is 32.1. The van der Waals surface area contributed by atoms with Crippen molar-refractivity contribution in [1.82, 2.24) is 4.90 Å². The summed E-state index contributed by atoms with van der Waals surface area (Å²) < 4.78 is 21.5. The molecule has 0 heterocycles. The van der Waals surface area contributed by atoms with Crippen LogP contribution in [-0.2, 0) is 13.1 Å². The maximum atomic E-state index is 5.80. The Balaban J connectivity index is 1.86. The average molecular weight is 453 g/mol. The minimum absolute atomic E-state index is 0.551. The fourth-order valence-corrected chi connectivity index (χ4v) is 3.49. The fraction of sp³-hybridized carbons (Fsp3) is 0.240. The van der Waals surface area contributed by atoms with Crippen molar-refractivity contribution in [2.24, 2.45) is 0 Å². The van der Waals surface area contributed by atoms with Crippen molar-refractivity contribution in [3.05, 3.63) is 77.9 Å². The molecule has 0 unspecified atom stereocenters. The number of nitrogens with one attached hydrogen (secondary N) is 1. The van der Waals surface area contributed by atoms with Gasteiger partial charge in [-0.15, -0.1) is 0 Å². The van der Waals surface area contributed by atoms with Gasteiger partial charge in [-0.3, -0.25) is 0 Å². The molecule has 3 aromatic rings. The summed E-state index contributed by atoms with van der Waals surface area (Å²) >= 11 is 5.80. The minimum atomic E-state index is 0.551. The molecule has 0 saturated heterocycles. The summed E-state index contributed by atoms with van der Waals surface area (Å²) in [6.45, 7) is 1.16. The molecule has 0 aromatic heterocycles. The first-order valence-electron chi connectivity index (χ1n) is 10.1. The highest BCUT2D eigenvalue weighted by Crippen LogP contribution is 2.27. The van der Waals surface area contributed by atoms with Crippen LogP contribution >= 0.6 is 12.2 Å². The molecule has 0 aliphatic heterocycles. The summed E-state index contributed by atoms with van der Waals surface area (Å²) in [4.78, 5) is 2.08. The van der Waals surface area contributed by atoms with Gasteiger partial charge in [-0.1, -0.05) is 18.2 Å². The minimum Gasteiger partial charge on any atom is -0.497 e. The van der Waals surface area contributed by atoms with Gasteiger partial charge in [-0.05, 0) is 54.2 Å². The van der Waals surface area contributed by atoms with Crippen molar-refractivity contribution < 1.29 is 18.9 Å². The van der Waals surface area contributed by atoms with Gasteiger partial charge >= 0.3 is 0 Å². The van der Waals surface area contributed by atoms with E-state index in [4.69, 9.17) is 31.2 Å². The third kappa shape index (κ3) is 6.04. The number of methoxy groups -OCH3 is 4. The largest absolute Gasteiger partial charge is 0.497 e. The molecule has 7 heteroatoms. The van der Waals surface area contributed by atoms with Crippen LogP contribution in [-0.4, -0.2) is 38.5 Å². The number of thiocarbonyl (C=S) groups is 1. The van der Waals surface area contributed by atoms with Gasteiger partial charge < -0.3 is 29.2 Å². The number of hydrogen-bond acceptors (Lipinski definition) is 5. The predicted octanol–water partition coefficient (Wildman–Crippen LogP) is 5.12. The maximum Gasteiger partial charge on any atom is 0.174 e. The van der Waals surface area contributed by atoms with Crippen LogP contribution in [0, 0.1) is 0 Å². The molecule has 0 saturated carbocycles. The van der Waals surface area contributed by atoms with Crippen molar-refractivity contribution >= 4 is 23.0 Å². The SMILES string of the molecule is COc1ccc(CN(Cc2ccc(OC)cc2OC)C(=S)Nc2cccc(OC)c2)cc1. The molecule has 6 nitrogen and oxygen atoms in total. The molecule has 0 spiro atoms. The average Bonchev–Trinajstić information content (AvgIpc) is 2.84. The van der Waals surface area contributed by atoms with E-state index >= 15 is 0 Å². The lowest BCUT2D eigenvalue weighted by Gasteiger charge is -2.27. The molecule has 0 bridgehead atoms. The van der Waals surface area contributed by atoms with Gasteiger partial charge in [0.2, 0.25) is 0 Å². The zero-order valence-corrected chi connectivity index (χ0v) is 19.6. The normalized spacial score (nSPS) is 10.2. The zero-order valence-electron chi connectivity index (χ0n) is 18.8. The quantitative estimate of drug-likeness (QED) is 0.452. The van der Waals surface area contributed by atoms with Gasteiger partial charge in [0.1, 0.15) is 23.0 Å². The Kier molecular flexibility index (Phi) is 8.16. The predicted molar refractivity (Wildman–Crippen MR) is 131 cm³/mol. The number of nitrogens with zero attached hydrogens (tertiary/aromatic N) is 1. The molecule has 32 heavy (non-hydrogen) atoms. The lowest BCUT2D eigenvalue weighted by Crippen LogP contribution is -2.34. The third-order valence-electron chi connectivity index (χ3n) is 5.00. The van der Waals surface area contributed by atoms with E-state index in [9.17, 15) is 0 Å². The third-order valence-corrected chi connectivity index (χ3v) is 5.36. The second-order valence-electron chi connectivity index (χ2n) is 7.04. The number of hydrogen-bond donors (Lipinski definition) is 1. The second kappa shape index (κ2) is 11.2. The van der Waals surface area contributed by atoms with E-state index in [0.717, 1.165) is 39.8 Å². The van der Waals surface area contributed by atoms with E-state index in [1.54, 1.807) is 28.4 Å². The van der Waals surface area contributed by atoms with Gasteiger partial charge in [0.15, 0.2) is 5.11 Å². The van der Waals surface area contributed by atoms with Crippen LogP contribution in [0.3, 0.4) is 0 Å². The van der Waals surface area contributed by atoms with Gasteiger partial charge in [0, 0.05) is 36.5 Å². The van der Waals surface area contributed by atoms with Crippen LogP contribution in [0.25, 0.3) is 0 Å². The Hall–Kier alpha value is -3.45. The van der Waals surface area contributed by atoms with Crippen LogP contribution in [0.1, 0.15) is 11.1 Å². The van der Waals surface area contributed by atoms with Gasteiger partial charge in [-0.2, -0.15) is 0 Å². The molecular formula is C25H28N2O4S. The Labute approximate surface area is 194 Å². The molecule has 0 radical (unpaired) electrons. The molecule has 0 aliphatic carbocycles. The van der Waals surface area contributed by atoms with Crippen molar-refractivity contribution in [2.45, 2.75) is 13.1 Å². The van der Waals surface area contributed by atoms with Crippen LogP contribution in [0.15, 0.2) is 66.7 Å². The Bertz CT molecular complexity index is 1040. The molecule has 0 amide bonds. The van der Waals surface area contributed by atoms with E-state index in [2.05, 4.69) is 10.2 Å². The Morgan fingerprint density at radius 3 is 2.06 bits per heavy atom. The van der Waals surface area contributed by atoms with Gasteiger partial charge in [0.05, 0.1) is 28.4 Å². The Morgan fingerprint density at radius 1 is 0.750 bits per heavy atom.